The Morgan fingerprint density at radius 3 is 2.54 bits per heavy atom. The maximum absolute atomic E-state index is 14.0. The van der Waals surface area contributed by atoms with Crippen molar-refractivity contribution in [3.8, 4) is 17.6 Å². The van der Waals surface area contributed by atoms with E-state index in [1.54, 1.807) is 48.5 Å². The number of ether oxygens (including phenoxy) is 2. The van der Waals surface area contributed by atoms with Gasteiger partial charge in [0.2, 0.25) is 0 Å². The average Bonchev–Trinajstić information content (AvgIpc) is 2.72. The fourth-order valence-electron chi connectivity index (χ4n) is 2.68. The van der Waals surface area contributed by atoms with Crippen molar-refractivity contribution in [1.82, 2.24) is 0 Å². The third kappa shape index (κ3) is 4.51. The van der Waals surface area contributed by atoms with Gasteiger partial charge in [0.25, 0.3) is 0 Å². The quantitative estimate of drug-likeness (QED) is 0.373. The summed E-state index contributed by atoms with van der Waals surface area (Å²) < 4.78 is 25.2. The lowest BCUT2D eigenvalue weighted by Crippen LogP contribution is -1.98. The number of rotatable bonds is 6. The van der Waals surface area contributed by atoms with Gasteiger partial charge in [-0.25, -0.2) is 4.39 Å². The van der Waals surface area contributed by atoms with Crippen molar-refractivity contribution in [2.24, 2.45) is 0 Å². The van der Waals surface area contributed by atoms with Crippen molar-refractivity contribution >= 4 is 23.3 Å². The Kier molecular flexibility index (Phi) is 6.31. The first-order valence-electron chi connectivity index (χ1n) is 8.53. The molecule has 3 aromatic rings. The summed E-state index contributed by atoms with van der Waals surface area (Å²) in [5.41, 5.74) is 2.04. The maximum Gasteiger partial charge on any atom is 0.161 e. The molecule has 0 amide bonds. The van der Waals surface area contributed by atoms with Crippen LogP contribution in [0, 0.1) is 17.1 Å². The van der Waals surface area contributed by atoms with Gasteiger partial charge in [-0.2, -0.15) is 5.26 Å². The summed E-state index contributed by atoms with van der Waals surface area (Å²) in [6.07, 6.45) is 1.61. The molecule has 0 aliphatic carbocycles. The normalized spacial score (nSPS) is 11.0. The van der Waals surface area contributed by atoms with Crippen LogP contribution in [0.25, 0.3) is 11.6 Å². The third-order valence-electron chi connectivity index (χ3n) is 4.12. The molecule has 0 radical (unpaired) electrons. The van der Waals surface area contributed by atoms with Crippen LogP contribution in [-0.2, 0) is 6.61 Å². The van der Waals surface area contributed by atoms with Crippen LogP contribution in [0.3, 0.4) is 0 Å². The molecule has 0 atom stereocenters. The number of hydrogen-bond donors (Lipinski definition) is 0. The average molecular weight is 394 g/mol. The summed E-state index contributed by atoms with van der Waals surface area (Å²) in [7, 11) is 1.53. The monoisotopic (exact) mass is 393 g/mol. The zero-order valence-electron chi connectivity index (χ0n) is 15.2. The molecule has 140 valence electrons. The van der Waals surface area contributed by atoms with Crippen molar-refractivity contribution in [2.45, 2.75) is 6.61 Å². The van der Waals surface area contributed by atoms with Crippen molar-refractivity contribution in [3.63, 3.8) is 0 Å². The van der Waals surface area contributed by atoms with Gasteiger partial charge in [-0.3, -0.25) is 0 Å². The second kappa shape index (κ2) is 9.07. The summed E-state index contributed by atoms with van der Waals surface area (Å²) >= 11 is 6.15. The standard InChI is InChI=1S/C23H17ClFNO2/c1-27-23-13-16(12-18(14-26)19-7-3-5-9-21(19)25)10-11-22(23)28-15-17-6-2-4-8-20(17)24/h2-13H,15H2,1H3. The van der Waals surface area contributed by atoms with Crippen LogP contribution < -0.4 is 9.47 Å². The van der Waals surface area contributed by atoms with Gasteiger partial charge >= 0.3 is 0 Å². The fourth-order valence-corrected chi connectivity index (χ4v) is 2.87. The molecule has 0 unspecified atom stereocenters. The fraction of sp³-hybridized carbons (Fsp3) is 0.0870. The molecule has 0 N–H and O–H groups in total. The molecule has 3 aromatic carbocycles. The molecule has 0 aromatic heterocycles. The van der Waals surface area contributed by atoms with Crippen LogP contribution in [0.15, 0.2) is 66.7 Å². The smallest absolute Gasteiger partial charge is 0.161 e. The van der Waals surface area contributed by atoms with E-state index >= 15 is 0 Å². The SMILES string of the molecule is COc1cc(C=C(C#N)c2ccccc2F)ccc1OCc1ccccc1Cl. The van der Waals surface area contributed by atoms with E-state index in [2.05, 4.69) is 0 Å². The highest BCUT2D eigenvalue weighted by molar-refractivity contribution is 6.31. The van der Waals surface area contributed by atoms with E-state index in [1.807, 2.05) is 24.3 Å². The van der Waals surface area contributed by atoms with Crippen LogP contribution >= 0.6 is 11.6 Å². The molecule has 0 aliphatic heterocycles. The van der Waals surface area contributed by atoms with Gasteiger partial charge in [-0.05, 0) is 35.9 Å². The molecule has 28 heavy (non-hydrogen) atoms. The number of nitrogens with zero attached hydrogens (tertiary/aromatic N) is 1. The predicted octanol–water partition coefficient (Wildman–Crippen LogP) is 6.13. The van der Waals surface area contributed by atoms with E-state index in [0.29, 0.717) is 28.7 Å². The van der Waals surface area contributed by atoms with Gasteiger partial charge in [0.15, 0.2) is 11.5 Å². The molecule has 0 aliphatic rings. The zero-order chi connectivity index (χ0) is 19.9. The van der Waals surface area contributed by atoms with Crippen LogP contribution in [0.4, 0.5) is 4.39 Å². The Bertz CT molecular complexity index is 1060. The van der Waals surface area contributed by atoms with Crippen molar-refractivity contribution in [1.29, 1.82) is 5.26 Å². The van der Waals surface area contributed by atoms with Gasteiger partial charge in [-0.15, -0.1) is 0 Å². The molecular weight excluding hydrogens is 377 g/mol. The molecule has 3 rings (SSSR count). The van der Waals surface area contributed by atoms with Crippen molar-refractivity contribution in [3.05, 3.63) is 94.3 Å². The highest BCUT2D eigenvalue weighted by Crippen LogP contribution is 2.31. The highest BCUT2D eigenvalue weighted by atomic mass is 35.5. The Hall–Kier alpha value is -3.29. The Balaban J connectivity index is 1.86. The first-order valence-corrected chi connectivity index (χ1v) is 8.91. The minimum absolute atomic E-state index is 0.227. The summed E-state index contributed by atoms with van der Waals surface area (Å²) in [4.78, 5) is 0. The second-order valence-electron chi connectivity index (χ2n) is 5.94. The summed E-state index contributed by atoms with van der Waals surface area (Å²) in [6, 6.07) is 20.9. The van der Waals surface area contributed by atoms with E-state index < -0.39 is 5.82 Å². The zero-order valence-corrected chi connectivity index (χ0v) is 15.9. The minimum atomic E-state index is -0.443. The number of hydrogen-bond acceptors (Lipinski definition) is 3. The highest BCUT2D eigenvalue weighted by Gasteiger charge is 2.10. The first kappa shape index (κ1) is 19.5. The van der Waals surface area contributed by atoms with Gasteiger partial charge in [-0.1, -0.05) is 54.1 Å². The van der Waals surface area contributed by atoms with Gasteiger partial charge in [0.1, 0.15) is 12.4 Å². The predicted molar refractivity (Wildman–Crippen MR) is 109 cm³/mol. The van der Waals surface area contributed by atoms with Crippen LogP contribution in [0.5, 0.6) is 11.5 Å². The lowest BCUT2D eigenvalue weighted by atomic mass is 10.0. The lowest BCUT2D eigenvalue weighted by molar-refractivity contribution is 0.284. The van der Waals surface area contributed by atoms with Crippen LogP contribution in [0.1, 0.15) is 16.7 Å². The maximum atomic E-state index is 14.0. The molecule has 0 heterocycles. The van der Waals surface area contributed by atoms with E-state index in [1.165, 1.54) is 13.2 Å². The number of benzene rings is 3. The van der Waals surface area contributed by atoms with Crippen molar-refractivity contribution < 1.29 is 13.9 Å². The van der Waals surface area contributed by atoms with Gasteiger partial charge in [0, 0.05) is 16.1 Å². The van der Waals surface area contributed by atoms with Crippen LogP contribution in [0.2, 0.25) is 5.02 Å². The van der Waals surface area contributed by atoms with Crippen molar-refractivity contribution in [2.75, 3.05) is 7.11 Å². The molecule has 0 fully saturated rings. The number of methoxy groups -OCH3 is 1. The van der Waals surface area contributed by atoms with Gasteiger partial charge < -0.3 is 9.47 Å². The molecule has 5 heteroatoms. The summed E-state index contributed by atoms with van der Waals surface area (Å²) in [5.74, 6) is 0.609. The van der Waals surface area contributed by atoms with E-state index in [9.17, 15) is 9.65 Å². The van der Waals surface area contributed by atoms with Crippen LogP contribution in [-0.4, -0.2) is 7.11 Å². The number of nitriles is 1. The first-order chi connectivity index (χ1) is 13.6. The molecule has 0 saturated carbocycles. The molecule has 3 nitrogen and oxygen atoms in total. The second-order valence-corrected chi connectivity index (χ2v) is 6.35. The van der Waals surface area contributed by atoms with E-state index in [-0.39, 0.29) is 11.1 Å². The molecule has 0 bridgehead atoms. The Labute approximate surface area is 168 Å². The molecule has 0 spiro atoms. The minimum Gasteiger partial charge on any atom is -0.493 e. The summed E-state index contributed by atoms with van der Waals surface area (Å²) in [6.45, 7) is 0.296. The number of allylic oxidation sites excluding steroid dienone is 1. The largest absolute Gasteiger partial charge is 0.493 e. The molecule has 0 saturated heterocycles. The third-order valence-corrected chi connectivity index (χ3v) is 4.49. The van der Waals surface area contributed by atoms with E-state index in [4.69, 9.17) is 21.1 Å². The molecular formula is C23H17ClFNO2. The Morgan fingerprint density at radius 2 is 1.82 bits per heavy atom. The van der Waals surface area contributed by atoms with Gasteiger partial charge in [0.05, 0.1) is 18.8 Å². The number of halogens is 2. The topological polar surface area (TPSA) is 42.2 Å². The lowest BCUT2D eigenvalue weighted by Gasteiger charge is -2.12. The summed E-state index contributed by atoms with van der Waals surface area (Å²) in [5, 5.41) is 10.1. The Morgan fingerprint density at radius 1 is 1.07 bits per heavy atom. The van der Waals surface area contributed by atoms with E-state index in [0.717, 1.165) is 5.56 Å².